The fourth-order valence-corrected chi connectivity index (χ4v) is 2.08. The summed E-state index contributed by atoms with van der Waals surface area (Å²) in [5.41, 5.74) is 5.27. The third-order valence-corrected chi connectivity index (χ3v) is 3.84. The number of carboxylic acid groups (broad SMARTS) is 1. The average molecular weight is 379 g/mol. The molecule has 0 aromatic heterocycles. The van der Waals surface area contributed by atoms with Gasteiger partial charge in [-0.15, -0.1) is 0 Å². The van der Waals surface area contributed by atoms with E-state index in [1.807, 2.05) is 6.92 Å². The quantitative estimate of drug-likeness (QED) is 0.193. The van der Waals surface area contributed by atoms with Gasteiger partial charge in [-0.25, -0.2) is 4.79 Å². The predicted octanol–water partition coefficient (Wildman–Crippen LogP) is -0.992. The van der Waals surface area contributed by atoms with E-state index in [4.69, 9.17) is 20.3 Å². The Morgan fingerprint density at radius 1 is 1.16 bits per heavy atom. The van der Waals surface area contributed by atoms with E-state index in [-0.39, 0.29) is 24.9 Å². The highest BCUT2D eigenvalue weighted by Gasteiger charge is 2.29. The Kier molecular flexibility index (Phi) is 13.1. The molecule has 0 aliphatic rings. The normalized spacial score (nSPS) is 14.4. The Bertz CT molecular complexity index is 424. The summed E-state index contributed by atoms with van der Waals surface area (Å²) in [5.74, 6) is -2.43. The minimum Gasteiger partial charge on any atom is -0.480 e. The van der Waals surface area contributed by atoms with E-state index in [1.165, 1.54) is 0 Å². The third-order valence-electron chi connectivity index (χ3n) is 3.48. The molecule has 0 saturated heterocycles. The van der Waals surface area contributed by atoms with Crippen LogP contribution in [-0.2, 0) is 23.9 Å². The Morgan fingerprint density at radius 3 is 2.32 bits per heavy atom. The van der Waals surface area contributed by atoms with Crippen LogP contribution in [0.25, 0.3) is 0 Å². The standard InChI is InChI=1S/C15H29N3O6S/c1-3-10(2)13(14(20)17-11(9-25)15(21)22)18-12(19)8-24-7-6-23-5-4-16/h10-11,13,25H,3-9,16H2,1-2H3,(H,17,20)(H,18,19)(H,21,22)/t10-,11-,13-/m0/s1. The minimum absolute atomic E-state index is 0.0475. The van der Waals surface area contributed by atoms with Crippen molar-refractivity contribution in [1.82, 2.24) is 10.6 Å². The number of ether oxygens (including phenoxy) is 2. The number of carbonyl (C=O) groups is 3. The van der Waals surface area contributed by atoms with Crippen molar-refractivity contribution in [1.29, 1.82) is 0 Å². The van der Waals surface area contributed by atoms with E-state index in [0.29, 0.717) is 26.2 Å². The SMILES string of the molecule is CC[C@H](C)[C@H](NC(=O)COCCOCCN)C(=O)N[C@@H](CS)C(=O)O. The van der Waals surface area contributed by atoms with Gasteiger partial charge < -0.3 is 30.9 Å². The Labute approximate surface area is 153 Å². The molecular weight excluding hydrogens is 350 g/mol. The molecule has 0 fully saturated rings. The van der Waals surface area contributed by atoms with Gasteiger partial charge in [0.2, 0.25) is 11.8 Å². The lowest BCUT2D eigenvalue weighted by Crippen LogP contribution is -2.55. The molecule has 0 aliphatic carbocycles. The highest BCUT2D eigenvalue weighted by Crippen LogP contribution is 2.08. The number of nitrogens with two attached hydrogens (primary N) is 1. The molecular formula is C15H29N3O6S. The Morgan fingerprint density at radius 2 is 1.80 bits per heavy atom. The van der Waals surface area contributed by atoms with Crippen molar-refractivity contribution in [2.24, 2.45) is 11.7 Å². The lowest BCUT2D eigenvalue weighted by molar-refractivity contribution is -0.142. The minimum atomic E-state index is -1.18. The van der Waals surface area contributed by atoms with E-state index in [2.05, 4.69) is 23.3 Å². The molecule has 0 aliphatic heterocycles. The maximum Gasteiger partial charge on any atom is 0.327 e. The molecule has 2 amide bonds. The van der Waals surface area contributed by atoms with Crippen molar-refractivity contribution >= 4 is 30.4 Å². The van der Waals surface area contributed by atoms with Crippen molar-refractivity contribution < 1.29 is 29.0 Å². The maximum atomic E-state index is 12.3. The number of rotatable bonds is 14. The van der Waals surface area contributed by atoms with Gasteiger partial charge in [-0.3, -0.25) is 9.59 Å². The van der Waals surface area contributed by atoms with Crippen molar-refractivity contribution in [2.45, 2.75) is 32.4 Å². The van der Waals surface area contributed by atoms with Crippen LogP contribution in [0.5, 0.6) is 0 Å². The van der Waals surface area contributed by atoms with E-state index in [0.717, 1.165) is 0 Å². The molecule has 5 N–H and O–H groups in total. The molecule has 146 valence electrons. The Balaban J connectivity index is 4.49. The topological polar surface area (TPSA) is 140 Å². The van der Waals surface area contributed by atoms with Crippen molar-refractivity contribution in [3.8, 4) is 0 Å². The molecule has 0 aromatic rings. The third kappa shape index (κ3) is 10.3. The first-order chi connectivity index (χ1) is 11.9. The van der Waals surface area contributed by atoms with Crippen LogP contribution in [0.1, 0.15) is 20.3 Å². The van der Waals surface area contributed by atoms with Gasteiger partial charge in [-0.05, 0) is 5.92 Å². The molecule has 0 saturated carbocycles. The van der Waals surface area contributed by atoms with Crippen LogP contribution in [0.15, 0.2) is 0 Å². The van der Waals surface area contributed by atoms with E-state index in [9.17, 15) is 14.4 Å². The van der Waals surface area contributed by atoms with Crippen LogP contribution < -0.4 is 16.4 Å². The second-order valence-electron chi connectivity index (χ2n) is 5.47. The number of carbonyl (C=O) groups excluding carboxylic acids is 2. The molecule has 0 spiro atoms. The second-order valence-corrected chi connectivity index (χ2v) is 5.83. The summed E-state index contributed by atoms with van der Waals surface area (Å²) >= 11 is 3.90. The number of amides is 2. The smallest absolute Gasteiger partial charge is 0.327 e. The van der Waals surface area contributed by atoms with Crippen LogP contribution in [0, 0.1) is 5.92 Å². The van der Waals surface area contributed by atoms with Crippen LogP contribution in [0.2, 0.25) is 0 Å². The van der Waals surface area contributed by atoms with E-state index < -0.39 is 29.9 Å². The molecule has 10 heteroatoms. The second kappa shape index (κ2) is 13.9. The molecule has 0 aromatic carbocycles. The molecule has 0 rings (SSSR count). The molecule has 0 heterocycles. The van der Waals surface area contributed by atoms with Gasteiger partial charge in [0.1, 0.15) is 18.7 Å². The van der Waals surface area contributed by atoms with Gasteiger partial charge in [-0.1, -0.05) is 20.3 Å². The van der Waals surface area contributed by atoms with Crippen LogP contribution in [-0.4, -0.2) is 73.7 Å². The zero-order valence-corrected chi connectivity index (χ0v) is 15.6. The van der Waals surface area contributed by atoms with E-state index in [1.54, 1.807) is 6.92 Å². The highest BCUT2D eigenvalue weighted by molar-refractivity contribution is 7.80. The first kappa shape index (κ1) is 23.6. The maximum absolute atomic E-state index is 12.3. The number of nitrogens with one attached hydrogen (secondary N) is 2. The summed E-state index contributed by atoms with van der Waals surface area (Å²) in [4.78, 5) is 35.3. The zero-order chi connectivity index (χ0) is 19.2. The summed E-state index contributed by atoms with van der Waals surface area (Å²) in [5, 5.41) is 14.0. The molecule has 9 nitrogen and oxygen atoms in total. The summed E-state index contributed by atoms with van der Waals surface area (Å²) < 4.78 is 10.3. The van der Waals surface area contributed by atoms with Gasteiger partial charge in [0, 0.05) is 12.3 Å². The fraction of sp³-hybridized carbons (Fsp3) is 0.800. The summed E-state index contributed by atoms with van der Waals surface area (Å²) in [7, 11) is 0. The van der Waals surface area contributed by atoms with Gasteiger partial charge in [0.25, 0.3) is 0 Å². The van der Waals surface area contributed by atoms with Crippen molar-refractivity contribution in [3.05, 3.63) is 0 Å². The summed E-state index contributed by atoms with van der Waals surface area (Å²) in [6, 6.07) is -1.97. The molecule has 0 unspecified atom stereocenters. The fourth-order valence-electron chi connectivity index (χ4n) is 1.83. The largest absolute Gasteiger partial charge is 0.480 e. The first-order valence-electron chi connectivity index (χ1n) is 8.16. The summed E-state index contributed by atoms with van der Waals surface area (Å²) in [6.45, 7) is 4.83. The predicted molar refractivity (Wildman–Crippen MR) is 95.5 cm³/mol. The van der Waals surface area contributed by atoms with Crippen molar-refractivity contribution in [3.63, 3.8) is 0 Å². The molecule has 25 heavy (non-hydrogen) atoms. The lowest BCUT2D eigenvalue weighted by atomic mass is 9.98. The van der Waals surface area contributed by atoms with Gasteiger partial charge in [0.15, 0.2) is 0 Å². The van der Waals surface area contributed by atoms with Gasteiger partial charge in [0.05, 0.1) is 19.8 Å². The lowest BCUT2D eigenvalue weighted by Gasteiger charge is -2.25. The monoisotopic (exact) mass is 379 g/mol. The number of carboxylic acids is 1. The first-order valence-corrected chi connectivity index (χ1v) is 8.79. The van der Waals surface area contributed by atoms with E-state index >= 15 is 0 Å². The summed E-state index contributed by atoms with van der Waals surface area (Å²) in [6.07, 6.45) is 0.630. The number of hydrogen-bond donors (Lipinski definition) is 5. The zero-order valence-electron chi connectivity index (χ0n) is 14.7. The average Bonchev–Trinajstić information content (AvgIpc) is 2.59. The van der Waals surface area contributed by atoms with Gasteiger partial charge in [-0.2, -0.15) is 12.6 Å². The van der Waals surface area contributed by atoms with Crippen LogP contribution in [0.3, 0.4) is 0 Å². The van der Waals surface area contributed by atoms with Crippen LogP contribution >= 0.6 is 12.6 Å². The van der Waals surface area contributed by atoms with Crippen molar-refractivity contribution in [2.75, 3.05) is 38.7 Å². The number of hydrogen-bond acceptors (Lipinski definition) is 7. The molecule has 0 radical (unpaired) electrons. The molecule has 0 bridgehead atoms. The van der Waals surface area contributed by atoms with Crippen LogP contribution in [0.4, 0.5) is 0 Å². The molecule has 3 atom stereocenters. The number of aliphatic carboxylic acids is 1. The highest BCUT2D eigenvalue weighted by atomic mass is 32.1. The Hall–Kier alpha value is -1.36. The van der Waals surface area contributed by atoms with Gasteiger partial charge >= 0.3 is 5.97 Å². The number of thiol groups is 1.